The summed E-state index contributed by atoms with van der Waals surface area (Å²) in [6.45, 7) is 0. The Bertz CT molecular complexity index is 904. The van der Waals surface area contributed by atoms with Gasteiger partial charge in [0.15, 0.2) is 0 Å². The van der Waals surface area contributed by atoms with Crippen molar-refractivity contribution in [3.8, 4) is 5.75 Å². The lowest BCUT2D eigenvalue weighted by Gasteiger charge is -2.09. The quantitative estimate of drug-likeness (QED) is 0.672. The standard InChI is InChI=1S/C16H13F3N4O2/c1-20-14(24)9-2-7-12-13(8-9)23-15(22-12)21-10-3-5-11(6-4-10)25-16(17,18)19/h2-8H,1H3,(H,20,24)(H2,21,22,23). The SMILES string of the molecule is CNC(=O)c1ccc2nc(Nc3ccc(OC(F)(F)F)cc3)[nH]c2c1. The zero-order chi connectivity index (χ0) is 18.0. The van der Waals surface area contributed by atoms with Crippen LogP contribution in [0.1, 0.15) is 10.4 Å². The first-order valence-electron chi connectivity index (χ1n) is 7.19. The number of rotatable bonds is 4. The molecule has 3 rings (SSSR count). The summed E-state index contributed by atoms with van der Waals surface area (Å²) in [6, 6.07) is 10.3. The second-order valence-electron chi connectivity index (χ2n) is 5.09. The fraction of sp³-hybridized carbons (Fsp3) is 0.125. The predicted octanol–water partition coefficient (Wildman–Crippen LogP) is 3.56. The van der Waals surface area contributed by atoms with Gasteiger partial charge in [0.05, 0.1) is 11.0 Å². The molecule has 0 saturated heterocycles. The number of carbonyl (C=O) groups is 1. The first-order valence-corrected chi connectivity index (χ1v) is 7.19. The summed E-state index contributed by atoms with van der Waals surface area (Å²) in [7, 11) is 1.54. The summed E-state index contributed by atoms with van der Waals surface area (Å²) in [4.78, 5) is 18.9. The van der Waals surface area contributed by atoms with Gasteiger partial charge in [-0.2, -0.15) is 0 Å². The largest absolute Gasteiger partial charge is 0.573 e. The van der Waals surface area contributed by atoms with E-state index in [4.69, 9.17) is 0 Å². The summed E-state index contributed by atoms with van der Waals surface area (Å²) >= 11 is 0. The minimum Gasteiger partial charge on any atom is -0.406 e. The number of carbonyl (C=O) groups excluding carboxylic acids is 1. The van der Waals surface area contributed by atoms with E-state index in [-0.39, 0.29) is 11.7 Å². The summed E-state index contributed by atoms with van der Waals surface area (Å²) < 4.78 is 40.2. The van der Waals surface area contributed by atoms with Crippen LogP contribution in [0.5, 0.6) is 5.75 Å². The third-order valence-corrected chi connectivity index (χ3v) is 3.32. The van der Waals surface area contributed by atoms with Gasteiger partial charge in [-0.05, 0) is 42.5 Å². The summed E-state index contributed by atoms with van der Waals surface area (Å²) in [5.41, 5.74) is 2.31. The van der Waals surface area contributed by atoms with Crippen molar-refractivity contribution in [1.29, 1.82) is 0 Å². The number of ether oxygens (including phenoxy) is 1. The molecule has 6 nitrogen and oxygen atoms in total. The topological polar surface area (TPSA) is 79.0 Å². The molecule has 0 atom stereocenters. The molecule has 0 aliphatic heterocycles. The third-order valence-electron chi connectivity index (χ3n) is 3.32. The van der Waals surface area contributed by atoms with E-state index in [1.54, 1.807) is 25.2 Å². The van der Waals surface area contributed by atoms with E-state index in [1.807, 2.05) is 0 Å². The van der Waals surface area contributed by atoms with Crippen LogP contribution in [0.4, 0.5) is 24.8 Å². The number of H-pyrrole nitrogens is 1. The Morgan fingerprint density at radius 2 is 1.88 bits per heavy atom. The van der Waals surface area contributed by atoms with Gasteiger partial charge >= 0.3 is 6.36 Å². The van der Waals surface area contributed by atoms with Crippen LogP contribution in [0, 0.1) is 0 Å². The number of halogens is 3. The molecular weight excluding hydrogens is 337 g/mol. The molecule has 2 aromatic carbocycles. The predicted molar refractivity (Wildman–Crippen MR) is 85.9 cm³/mol. The van der Waals surface area contributed by atoms with Crippen molar-refractivity contribution in [1.82, 2.24) is 15.3 Å². The van der Waals surface area contributed by atoms with Crippen molar-refractivity contribution in [3.05, 3.63) is 48.0 Å². The molecule has 0 bridgehead atoms. The van der Waals surface area contributed by atoms with E-state index in [0.29, 0.717) is 28.2 Å². The Morgan fingerprint density at radius 3 is 2.52 bits per heavy atom. The number of hydrogen-bond acceptors (Lipinski definition) is 4. The number of alkyl halides is 3. The molecule has 3 aromatic rings. The molecule has 0 spiro atoms. The van der Waals surface area contributed by atoms with Crippen molar-refractivity contribution in [3.63, 3.8) is 0 Å². The molecule has 0 unspecified atom stereocenters. The lowest BCUT2D eigenvalue weighted by Crippen LogP contribution is -2.17. The van der Waals surface area contributed by atoms with Crippen LogP contribution < -0.4 is 15.4 Å². The van der Waals surface area contributed by atoms with E-state index in [2.05, 4.69) is 25.3 Å². The van der Waals surface area contributed by atoms with E-state index in [1.165, 1.54) is 24.3 Å². The summed E-state index contributed by atoms with van der Waals surface area (Å²) in [5.74, 6) is -0.127. The van der Waals surface area contributed by atoms with E-state index in [9.17, 15) is 18.0 Å². The van der Waals surface area contributed by atoms with Crippen molar-refractivity contribution >= 4 is 28.6 Å². The molecule has 0 aliphatic rings. The van der Waals surface area contributed by atoms with Gasteiger partial charge in [-0.25, -0.2) is 4.98 Å². The van der Waals surface area contributed by atoms with Gasteiger partial charge in [-0.15, -0.1) is 13.2 Å². The molecule has 130 valence electrons. The zero-order valence-corrected chi connectivity index (χ0v) is 12.9. The highest BCUT2D eigenvalue weighted by Crippen LogP contribution is 2.25. The minimum atomic E-state index is -4.73. The van der Waals surface area contributed by atoms with Crippen LogP contribution in [0.15, 0.2) is 42.5 Å². The van der Waals surface area contributed by atoms with Crippen LogP contribution in [-0.4, -0.2) is 29.3 Å². The second kappa shape index (κ2) is 6.34. The average molecular weight is 350 g/mol. The Hall–Kier alpha value is -3.23. The molecule has 0 fully saturated rings. The molecule has 9 heteroatoms. The number of benzene rings is 2. The van der Waals surface area contributed by atoms with Gasteiger partial charge in [0.25, 0.3) is 5.91 Å². The number of hydrogen-bond donors (Lipinski definition) is 3. The van der Waals surface area contributed by atoms with E-state index >= 15 is 0 Å². The maximum absolute atomic E-state index is 12.1. The van der Waals surface area contributed by atoms with Gasteiger partial charge in [-0.1, -0.05) is 0 Å². The number of nitrogens with one attached hydrogen (secondary N) is 3. The number of amides is 1. The molecule has 3 N–H and O–H groups in total. The Morgan fingerprint density at radius 1 is 1.16 bits per heavy atom. The summed E-state index contributed by atoms with van der Waals surface area (Å²) in [5, 5.41) is 5.48. The maximum atomic E-state index is 12.1. The molecule has 1 aromatic heterocycles. The van der Waals surface area contributed by atoms with Gasteiger partial charge in [0.1, 0.15) is 5.75 Å². The van der Waals surface area contributed by atoms with Gasteiger partial charge < -0.3 is 20.4 Å². The Labute approximate surface area is 140 Å². The Kier molecular flexibility index (Phi) is 4.22. The van der Waals surface area contributed by atoms with Crippen molar-refractivity contribution in [2.75, 3.05) is 12.4 Å². The van der Waals surface area contributed by atoms with Crippen molar-refractivity contribution in [2.45, 2.75) is 6.36 Å². The molecule has 0 saturated carbocycles. The minimum absolute atomic E-state index is 0.216. The molecular formula is C16H13F3N4O2. The number of aromatic amines is 1. The highest BCUT2D eigenvalue weighted by atomic mass is 19.4. The highest BCUT2D eigenvalue weighted by Gasteiger charge is 2.30. The first-order chi connectivity index (χ1) is 11.8. The number of aromatic nitrogens is 2. The van der Waals surface area contributed by atoms with Gasteiger partial charge in [-0.3, -0.25) is 4.79 Å². The van der Waals surface area contributed by atoms with Crippen molar-refractivity contribution in [2.24, 2.45) is 0 Å². The smallest absolute Gasteiger partial charge is 0.406 e. The molecule has 0 aliphatic carbocycles. The molecule has 1 amide bonds. The lowest BCUT2D eigenvalue weighted by atomic mass is 10.2. The third kappa shape index (κ3) is 4.00. The normalized spacial score (nSPS) is 11.4. The Balaban J connectivity index is 1.77. The fourth-order valence-corrected chi connectivity index (χ4v) is 2.23. The molecule has 1 heterocycles. The number of nitrogens with zero attached hydrogens (tertiary/aromatic N) is 1. The molecule has 0 radical (unpaired) electrons. The first kappa shape index (κ1) is 16.6. The van der Waals surface area contributed by atoms with E-state index < -0.39 is 6.36 Å². The summed E-state index contributed by atoms with van der Waals surface area (Å²) in [6.07, 6.45) is -4.73. The van der Waals surface area contributed by atoms with Crippen LogP contribution in [0.3, 0.4) is 0 Å². The fourth-order valence-electron chi connectivity index (χ4n) is 2.23. The van der Waals surface area contributed by atoms with Crippen LogP contribution in [0.2, 0.25) is 0 Å². The average Bonchev–Trinajstić information content (AvgIpc) is 2.96. The van der Waals surface area contributed by atoms with Crippen molar-refractivity contribution < 1.29 is 22.7 Å². The van der Waals surface area contributed by atoms with Gasteiger partial charge in [0, 0.05) is 18.3 Å². The lowest BCUT2D eigenvalue weighted by molar-refractivity contribution is -0.274. The molecule has 25 heavy (non-hydrogen) atoms. The highest BCUT2D eigenvalue weighted by molar-refractivity contribution is 5.97. The number of anilines is 2. The number of imidazole rings is 1. The van der Waals surface area contributed by atoms with Crippen LogP contribution in [0.25, 0.3) is 11.0 Å². The maximum Gasteiger partial charge on any atom is 0.573 e. The van der Waals surface area contributed by atoms with Crippen LogP contribution in [-0.2, 0) is 0 Å². The van der Waals surface area contributed by atoms with Crippen LogP contribution >= 0.6 is 0 Å². The monoisotopic (exact) mass is 350 g/mol. The zero-order valence-electron chi connectivity index (χ0n) is 12.9. The number of fused-ring (bicyclic) bond motifs is 1. The van der Waals surface area contributed by atoms with Gasteiger partial charge in [0.2, 0.25) is 5.95 Å². The second-order valence-corrected chi connectivity index (χ2v) is 5.09. The van der Waals surface area contributed by atoms with E-state index in [0.717, 1.165) is 0 Å².